The Bertz CT molecular complexity index is 7500. The van der Waals surface area contributed by atoms with Gasteiger partial charge in [-0.05, 0) is 229 Å². The molecule has 117 heavy (non-hydrogen) atoms. The van der Waals surface area contributed by atoms with E-state index in [2.05, 4.69) is 345 Å². The minimum Gasteiger partial charge on any atom is -0.309 e. The van der Waals surface area contributed by atoms with E-state index in [9.17, 15) is 0 Å². The molecule has 0 spiro atoms. The Balaban J connectivity index is 0.000000118. The fraction of sp³-hybridized carbons (Fsp3) is 0.0631. The maximum atomic E-state index is 5.14. The predicted molar refractivity (Wildman–Crippen MR) is 494 cm³/mol. The van der Waals surface area contributed by atoms with Crippen LogP contribution in [0.4, 0.5) is 0 Å². The molecule has 3 aliphatic carbocycles. The lowest BCUT2D eigenvalue weighted by Gasteiger charge is -2.22. The molecule has 21 aromatic rings. The molecule has 0 atom stereocenters. The molecule has 0 fully saturated rings. The van der Waals surface area contributed by atoms with Crippen LogP contribution in [0, 0.1) is 0 Å². The summed E-state index contributed by atoms with van der Waals surface area (Å²) >= 11 is 3.48. The van der Waals surface area contributed by atoms with E-state index in [0.29, 0.717) is 5.82 Å². The van der Waals surface area contributed by atoms with Crippen molar-refractivity contribution in [1.29, 1.82) is 0 Å². The molecule has 6 heteroatoms. The molecular weight excluding hydrogens is 1480 g/mol. The highest BCUT2D eigenvalue weighted by Crippen LogP contribution is 2.55. The zero-order valence-electron chi connectivity index (χ0n) is 65.1. The normalized spacial score (nSPS) is 13.1. The van der Waals surface area contributed by atoms with E-state index in [0.717, 1.165) is 78.6 Å². The number of halogens is 1. The number of rotatable bonds is 7. The van der Waals surface area contributed by atoms with Crippen molar-refractivity contribution in [3.63, 3.8) is 0 Å². The van der Waals surface area contributed by atoms with E-state index < -0.39 is 0 Å². The summed E-state index contributed by atoms with van der Waals surface area (Å²) in [5.41, 5.74) is 30.2. The van der Waals surface area contributed by atoms with Gasteiger partial charge in [0.1, 0.15) is 0 Å². The summed E-state index contributed by atoms with van der Waals surface area (Å²) in [5.74, 6) is 1.43. The monoisotopic (exact) mass is 1560 g/mol. The van der Waals surface area contributed by atoms with Gasteiger partial charge in [0.05, 0.1) is 33.8 Å². The van der Waals surface area contributed by atoms with Gasteiger partial charge in [-0.25, -0.2) is 19.9 Å². The third-order valence-corrected chi connectivity index (χ3v) is 25.5. The van der Waals surface area contributed by atoms with Crippen LogP contribution in [0.5, 0.6) is 0 Å². The minimum absolute atomic E-state index is 0.0485. The van der Waals surface area contributed by atoms with Gasteiger partial charge in [-0.15, -0.1) is 0 Å². The summed E-state index contributed by atoms with van der Waals surface area (Å²) in [6, 6.07) is 135. The van der Waals surface area contributed by atoms with Crippen LogP contribution in [0.3, 0.4) is 0 Å². The first-order valence-electron chi connectivity index (χ1n) is 40.4. The Labute approximate surface area is 687 Å². The van der Waals surface area contributed by atoms with Crippen molar-refractivity contribution in [3.05, 3.63) is 414 Å². The maximum Gasteiger partial charge on any atom is 0.160 e. The molecule has 0 amide bonds. The fourth-order valence-corrected chi connectivity index (χ4v) is 19.5. The molecule has 24 rings (SSSR count). The molecule has 5 nitrogen and oxygen atoms in total. The Kier molecular flexibility index (Phi) is 16.4. The fourth-order valence-electron chi connectivity index (χ4n) is 19.2. The first-order chi connectivity index (χ1) is 57.4. The van der Waals surface area contributed by atoms with E-state index in [4.69, 9.17) is 19.9 Å². The zero-order chi connectivity index (χ0) is 78.2. The first kappa shape index (κ1) is 69.7. The first-order valence-corrected chi connectivity index (χ1v) is 41.2. The van der Waals surface area contributed by atoms with Crippen LogP contribution in [-0.4, -0.2) is 24.5 Å². The predicted octanol–water partition coefficient (Wildman–Crippen LogP) is 29.6. The number of fused-ring (bicyclic) bond motifs is 24. The van der Waals surface area contributed by atoms with Gasteiger partial charge in [-0.2, -0.15) is 0 Å². The van der Waals surface area contributed by atoms with Crippen LogP contribution in [0.1, 0.15) is 61.1 Å². The quantitative estimate of drug-likeness (QED) is 0.149. The van der Waals surface area contributed by atoms with E-state index >= 15 is 0 Å². The third kappa shape index (κ3) is 11.6. The molecule has 0 bridgehead atoms. The van der Waals surface area contributed by atoms with Crippen LogP contribution in [0.2, 0.25) is 0 Å². The van der Waals surface area contributed by atoms with Crippen molar-refractivity contribution < 1.29 is 0 Å². The Hall–Kier alpha value is -14.0. The number of nitrogens with zero attached hydrogens (tertiary/aromatic N) is 5. The lowest BCUT2D eigenvalue weighted by Crippen LogP contribution is -2.15. The van der Waals surface area contributed by atoms with Gasteiger partial charge in [0, 0.05) is 65.1 Å². The number of hydrogen-bond donors (Lipinski definition) is 0. The van der Waals surface area contributed by atoms with Crippen LogP contribution in [-0.2, 0) is 17.3 Å². The third-order valence-electron chi connectivity index (χ3n) is 25.0. The molecule has 3 aliphatic rings. The second kappa shape index (κ2) is 27.6. The van der Waals surface area contributed by atoms with E-state index in [1.54, 1.807) is 0 Å². The van der Waals surface area contributed by atoms with Crippen molar-refractivity contribution in [2.45, 2.75) is 44.9 Å². The standard InChI is InChI=1S/C55H37N3.C34H24.C22H15BrN2/c1-55(2)48-24-14-13-23-42(48)45-30-47-46-29-43-40-21-11-9-19-38(40)39-20-10-12-22-41(39)44(43)31-52(46)58(53(47)32-49(45)55)37-27-25-36(26-28-37)54-56-50(34-15-5-3-6-16-34)33-51(57-54)35-17-7-4-8-18-35;1-34(2)32-14-8-7-13-26(32)31-19-28-21(17-33(31)34)15-20-16-29-24-11-5-3-9-22(24)23-10-4-6-12-25(23)30(29)18-27(20)28;23-19-13-11-18(12-14-19)22-24-20(16-7-3-1-4-8-16)15-21(25-22)17-9-5-2-6-10-17/h3-33H,1-2H3;3-14,16-19H,15H2,1-2H3;1-15H. The molecule has 0 saturated heterocycles. The second-order valence-corrected chi connectivity index (χ2v) is 33.3. The molecule has 3 aromatic heterocycles. The molecule has 3 heterocycles. The highest BCUT2D eigenvalue weighted by molar-refractivity contribution is 9.10. The Morgan fingerprint density at radius 3 is 0.991 bits per heavy atom. The molecule has 0 unspecified atom stereocenters. The van der Waals surface area contributed by atoms with Crippen LogP contribution >= 0.6 is 15.9 Å². The van der Waals surface area contributed by atoms with Crippen molar-refractivity contribution in [2.75, 3.05) is 0 Å². The molecule has 0 radical (unpaired) electrons. The summed E-state index contributed by atoms with van der Waals surface area (Å²) < 4.78 is 3.52. The molecular formula is C111H76BrN5. The van der Waals surface area contributed by atoms with Crippen LogP contribution < -0.4 is 0 Å². The topological polar surface area (TPSA) is 56.5 Å². The van der Waals surface area contributed by atoms with E-state index in [-0.39, 0.29) is 10.8 Å². The summed E-state index contributed by atoms with van der Waals surface area (Å²) in [6.07, 6.45) is 1.02. The van der Waals surface area contributed by atoms with Gasteiger partial charge in [-0.3, -0.25) is 0 Å². The summed E-state index contributed by atoms with van der Waals surface area (Å²) in [7, 11) is 0. The number of benzene rings is 18. The van der Waals surface area contributed by atoms with Crippen molar-refractivity contribution in [1.82, 2.24) is 24.5 Å². The SMILES string of the molecule is Brc1ccc(-c2nc(-c3ccccc3)cc(-c3ccccc3)n2)cc1.CC1(C)c2ccccc2-c2cc3c(cc21)Cc1cc2c4ccccc4c4ccccc4c2cc1-3.CC1(C)c2ccccc2-c2cc3c4cc5c6ccccc6c6ccccc6c5cc4n(-c4ccc(-c5nc(-c6ccccc6)cc(-c6ccccc6)n5)cc4)c3cc21. The smallest absolute Gasteiger partial charge is 0.160 e. The van der Waals surface area contributed by atoms with Gasteiger partial charge in [-0.1, -0.05) is 329 Å². The minimum atomic E-state index is -0.125. The number of hydrogen-bond acceptors (Lipinski definition) is 4. The van der Waals surface area contributed by atoms with Crippen LogP contribution in [0.15, 0.2) is 381 Å². The summed E-state index contributed by atoms with van der Waals surface area (Å²) in [6.45, 7) is 9.48. The Morgan fingerprint density at radius 2 is 0.547 bits per heavy atom. The van der Waals surface area contributed by atoms with Crippen molar-refractivity contribution in [2.24, 2.45) is 0 Å². The molecule has 0 N–H and O–H groups in total. The lowest BCUT2D eigenvalue weighted by atomic mass is 9.81. The average molecular weight is 1560 g/mol. The molecule has 552 valence electrons. The molecule has 18 aromatic carbocycles. The van der Waals surface area contributed by atoms with E-state index in [1.807, 2.05) is 78.9 Å². The zero-order valence-corrected chi connectivity index (χ0v) is 66.7. The lowest BCUT2D eigenvalue weighted by molar-refractivity contribution is 0.659. The second-order valence-electron chi connectivity index (χ2n) is 32.4. The van der Waals surface area contributed by atoms with Crippen molar-refractivity contribution in [3.8, 4) is 107 Å². The molecule has 0 aliphatic heterocycles. The van der Waals surface area contributed by atoms with Gasteiger partial charge in [0.15, 0.2) is 11.6 Å². The van der Waals surface area contributed by atoms with Crippen molar-refractivity contribution >= 4 is 102 Å². The van der Waals surface area contributed by atoms with Gasteiger partial charge >= 0.3 is 0 Å². The van der Waals surface area contributed by atoms with Gasteiger partial charge in [0.2, 0.25) is 0 Å². The summed E-state index contributed by atoms with van der Waals surface area (Å²) in [5, 5.41) is 18.3. The van der Waals surface area contributed by atoms with Crippen LogP contribution in [0.25, 0.3) is 193 Å². The average Bonchev–Trinajstić information content (AvgIpc) is 1.56. The van der Waals surface area contributed by atoms with Gasteiger partial charge in [0.25, 0.3) is 0 Å². The Morgan fingerprint density at radius 1 is 0.231 bits per heavy atom. The largest absolute Gasteiger partial charge is 0.309 e. The van der Waals surface area contributed by atoms with Gasteiger partial charge < -0.3 is 4.57 Å². The highest BCUT2D eigenvalue weighted by atomic mass is 79.9. The highest BCUT2D eigenvalue weighted by Gasteiger charge is 2.39. The van der Waals surface area contributed by atoms with E-state index in [1.165, 1.54) is 153 Å². The maximum absolute atomic E-state index is 5.14. The number of aromatic nitrogens is 5. The summed E-state index contributed by atoms with van der Waals surface area (Å²) in [4.78, 5) is 19.9. The molecule has 0 saturated carbocycles.